The van der Waals surface area contributed by atoms with E-state index in [4.69, 9.17) is 4.74 Å². The molecule has 2 aliphatic heterocycles. The molecular weight excluding hydrogens is 188 g/mol. The second-order valence-corrected chi connectivity index (χ2v) is 4.90. The minimum Gasteiger partial charge on any atom is -0.378 e. The molecule has 1 N–H and O–H groups in total. The molecule has 3 unspecified atom stereocenters. The van der Waals surface area contributed by atoms with Crippen molar-refractivity contribution in [2.24, 2.45) is 0 Å². The van der Waals surface area contributed by atoms with Gasteiger partial charge < -0.3 is 10.1 Å². The third kappa shape index (κ3) is 2.92. The number of rotatable bonds is 3. The fraction of sp³-hybridized carbons (Fsp3) is 1.00. The van der Waals surface area contributed by atoms with Crippen LogP contribution in [0.5, 0.6) is 0 Å². The van der Waals surface area contributed by atoms with Gasteiger partial charge in [-0.25, -0.2) is 0 Å². The fourth-order valence-corrected chi connectivity index (χ4v) is 2.88. The number of ether oxygens (including phenoxy) is 1. The highest BCUT2D eigenvalue weighted by molar-refractivity contribution is 4.87. The van der Waals surface area contributed by atoms with Crippen molar-refractivity contribution in [3.05, 3.63) is 0 Å². The Morgan fingerprint density at radius 2 is 2.27 bits per heavy atom. The molecular formula is C12H24N2O. The van der Waals surface area contributed by atoms with Crippen LogP contribution in [-0.2, 0) is 4.74 Å². The maximum Gasteiger partial charge on any atom is 0.0561 e. The number of nitrogens with zero attached hydrogens (tertiary/aromatic N) is 1. The second-order valence-electron chi connectivity index (χ2n) is 4.90. The Morgan fingerprint density at radius 1 is 1.40 bits per heavy atom. The highest BCUT2D eigenvalue weighted by Crippen LogP contribution is 2.22. The molecule has 2 saturated heterocycles. The summed E-state index contributed by atoms with van der Waals surface area (Å²) < 4.78 is 5.60. The van der Waals surface area contributed by atoms with Gasteiger partial charge in [-0.05, 0) is 32.7 Å². The summed E-state index contributed by atoms with van der Waals surface area (Å²) in [5.41, 5.74) is 0. The number of likely N-dealkylation sites (N-methyl/N-ethyl adjacent to an activating group) is 1. The Labute approximate surface area is 93.2 Å². The van der Waals surface area contributed by atoms with Gasteiger partial charge in [-0.3, -0.25) is 4.90 Å². The largest absolute Gasteiger partial charge is 0.378 e. The monoisotopic (exact) mass is 212 g/mol. The Morgan fingerprint density at radius 3 is 3.00 bits per heavy atom. The van der Waals surface area contributed by atoms with Crippen molar-refractivity contribution in [1.29, 1.82) is 0 Å². The van der Waals surface area contributed by atoms with Crippen LogP contribution in [0.3, 0.4) is 0 Å². The van der Waals surface area contributed by atoms with Gasteiger partial charge in [-0.2, -0.15) is 0 Å². The third-order valence-electron chi connectivity index (χ3n) is 3.69. The average molecular weight is 212 g/mol. The average Bonchev–Trinajstić information content (AvgIpc) is 2.67. The molecule has 0 spiro atoms. The van der Waals surface area contributed by atoms with E-state index in [9.17, 15) is 0 Å². The topological polar surface area (TPSA) is 24.5 Å². The smallest absolute Gasteiger partial charge is 0.0561 e. The minimum atomic E-state index is 0.460. The van der Waals surface area contributed by atoms with Crippen molar-refractivity contribution >= 4 is 0 Å². The second kappa shape index (κ2) is 5.28. The van der Waals surface area contributed by atoms with Gasteiger partial charge in [0.05, 0.1) is 6.10 Å². The van der Waals surface area contributed by atoms with E-state index in [-0.39, 0.29) is 0 Å². The van der Waals surface area contributed by atoms with Crippen molar-refractivity contribution in [1.82, 2.24) is 10.2 Å². The molecule has 3 nitrogen and oxygen atoms in total. The van der Waals surface area contributed by atoms with Crippen molar-refractivity contribution < 1.29 is 4.74 Å². The molecule has 3 heteroatoms. The predicted octanol–water partition coefficient (Wildman–Crippen LogP) is 1.24. The quantitative estimate of drug-likeness (QED) is 0.762. The maximum atomic E-state index is 5.60. The van der Waals surface area contributed by atoms with Crippen LogP contribution in [0.15, 0.2) is 0 Å². The van der Waals surface area contributed by atoms with Crippen LogP contribution < -0.4 is 5.32 Å². The fourth-order valence-electron chi connectivity index (χ4n) is 2.88. The molecule has 0 bridgehead atoms. The number of hydrogen-bond donors (Lipinski definition) is 1. The molecule has 3 atom stereocenters. The Kier molecular flexibility index (Phi) is 4.00. The molecule has 15 heavy (non-hydrogen) atoms. The first-order chi connectivity index (χ1) is 7.29. The van der Waals surface area contributed by atoms with Gasteiger partial charge in [0.15, 0.2) is 0 Å². The summed E-state index contributed by atoms with van der Waals surface area (Å²) in [6.07, 6.45) is 4.23. The van der Waals surface area contributed by atoms with E-state index in [2.05, 4.69) is 24.1 Å². The summed E-state index contributed by atoms with van der Waals surface area (Å²) in [5, 5.41) is 3.55. The van der Waals surface area contributed by atoms with E-state index in [0.717, 1.165) is 25.2 Å². The predicted molar refractivity (Wildman–Crippen MR) is 62.1 cm³/mol. The summed E-state index contributed by atoms with van der Waals surface area (Å²) in [6.45, 7) is 8.96. The first-order valence-corrected chi connectivity index (χ1v) is 6.38. The first-order valence-electron chi connectivity index (χ1n) is 6.38. The van der Waals surface area contributed by atoms with Gasteiger partial charge in [0.25, 0.3) is 0 Å². The van der Waals surface area contributed by atoms with Gasteiger partial charge in [-0.1, -0.05) is 6.92 Å². The Bertz CT molecular complexity index is 198. The van der Waals surface area contributed by atoms with E-state index in [1.807, 2.05) is 0 Å². The molecule has 2 heterocycles. The minimum absolute atomic E-state index is 0.460. The van der Waals surface area contributed by atoms with Crippen LogP contribution in [0.1, 0.15) is 33.1 Å². The standard InChI is InChI=1S/C12H24N2O/c1-3-13-11-4-6-14(9-11)12-5-7-15-10(2)8-12/h10-13H,3-9H2,1-2H3. The molecule has 88 valence electrons. The van der Waals surface area contributed by atoms with Crippen molar-refractivity contribution in [3.63, 3.8) is 0 Å². The maximum absolute atomic E-state index is 5.60. The normalized spacial score (nSPS) is 38.4. The summed E-state index contributed by atoms with van der Waals surface area (Å²) in [6, 6.07) is 1.51. The van der Waals surface area contributed by atoms with Crippen molar-refractivity contribution in [3.8, 4) is 0 Å². The van der Waals surface area contributed by atoms with Gasteiger partial charge in [0.2, 0.25) is 0 Å². The number of hydrogen-bond acceptors (Lipinski definition) is 3. The molecule has 0 aromatic rings. The summed E-state index contributed by atoms with van der Waals surface area (Å²) in [4.78, 5) is 2.66. The molecule has 0 aromatic carbocycles. The van der Waals surface area contributed by atoms with E-state index in [1.54, 1.807) is 0 Å². The van der Waals surface area contributed by atoms with Crippen LogP contribution in [-0.4, -0.2) is 49.3 Å². The Balaban J connectivity index is 1.79. The zero-order valence-electron chi connectivity index (χ0n) is 10.0. The lowest BCUT2D eigenvalue weighted by Crippen LogP contribution is -2.42. The number of likely N-dealkylation sites (tertiary alicyclic amines) is 1. The molecule has 0 amide bonds. The Hall–Kier alpha value is -0.120. The van der Waals surface area contributed by atoms with E-state index in [0.29, 0.717) is 6.10 Å². The van der Waals surface area contributed by atoms with Gasteiger partial charge in [0.1, 0.15) is 0 Å². The van der Waals surface area contributed by atoms with Crippen molar-refractivity contribution in [2.45, 2.75) is 51.3 Å². The van der Waals surface area contributed by atoms with Crippen LogP contribution in [0.2, 0.25) is 0 Å². The molecule has 2 rings (SSSR count). The molecule has 0 saturated carbocycles. The molecule has 2 aliphatic rings. The molecule has 2 fully saturated rings. The van der Waals surface area contributed by atoms with E-state index in [1.165, 1.54) is 32.4 Å². The SMILES string of the molecule is CCNC1CCN(C2CCOC(C)C2)C1. The third-order valence-corrected chi connectivity index (χ3v) is 3.69. The number of nitrogens with one attached hydrogen (secondary N) is 1. The van der Waals surface area contributed by atoms with Gasteiger partial charge in [0, 0.05) is 31.8 Å². The zero-order valence-corrected chi connectivity index (χ0v) is 10.0. The summed E-state index contributed by atoms with van der Waals surface area (Å²) in [5.74, 6) is 0. The van der Waals surface area contributed by atoms with E-state index < -0.39 is 0 Å². The zero-order chi connectivity index (χ0) is 10.7. The van der Waals surface area contributed by atoms with E-state index >= 15 is 0 Å². The molecule has 0 aliphatic carbocycles. The van der Waals surface area contributed by atoms with Gasteiger partial charge in [-0.15, -0.1) is 0 Å². The van der Waals surface area contributed by atoms with Crippen LogP contribution >= 0.6 is 0 Å². The highest BCUT2D eigenvalue weighted by atomic mass is 16.5. The molecule has 0 aromatic heterocycles. The van der Waals surface area contributed by atoms with Crippen molar-refractivity contribution in [2.75, 3.05) is 26.2 Å². The highest BCUT2D eigenvalue weighted by Gasteiger charge is 2.30. The lowest BCUT2D eigenvalue weighted by atomic mass is 10.0. The lowest BCUT2D eigenvalue weighted by molar-refractivity contribution is -0.0126. The first kappa shape index (κ1) is 11.4. The van der Waals surface area contributed by atoms with Crippen LogP contribution in [0.25, 0.3) is 0 Å². The van der Waals surface area contributed by atoms with Gasteiger partial charge >= 0.3 is 0 Å². The summed E-state index contributed by atoms with van der Waals surface area (Å²) >= 11 is 0. The summed E-state index contributed by atoms with van der Waals surface area (Å²) in [7, 11) is 0. The lowest BCUT2D eigenvalue weighted by Gasteiger charge is -2.34. The van der Waals surface area contributed by atoms with Crippen LogP contribution in [0.4, 0.5) is 0 Å². The van der Waals surface area contributed by atoms with Crippen LogP contribution in [0, 0.1) is 0 Å². The molecule has 0 radical (unpaired) electrons.